The van der Waals surface area contributed by atoms with Crippen LogP contribution in [0.25, 0.3) is 10.6 Å². The van der Waals surface area contributed by atoms with E-state index in [0.29, 0.717) is 36.8 Å². The molecule has 3 rings (SSSR count). The molecule has 1 aromatic heterocycles. The molecular weight excluding hydrogens is 369 g/mol. The number of nitrogens with zero attached hydrogens (tertiary/aromatic N) is 2. The third-order valence-electron chi connectivity index (χ3n) is 4.10. The zero-order valence-electron chi connectivity index (χ0n) is 13.7. The van der Waals surface area contributed by atoms with E-state index in [1.54, 1.807) is 0 Å². The van der Waals surface area contributed by atoms with Gasteiger partial charge in [-0.25, -0.2) is 4.98 Å². The summed E-state index contributed by atoms with van der Waals surface area (Å²) in [5.74, 6) is -1.47. The van der Waals surface area contributed by atoms with Gasteiger partial charge in [0.2, 0.25) is 0 Å². The predicted octanol–water partition coefficient (Wildman–Crippen LogP) is 3.36. The van der Waals surface area contributed by atoms with Crippen molar-refractivity contribution in [1.82, 2.24) is 9.88 Å². The van der Waals surface area contributed by atoms with Crippen LogP contribution >= 0.6 is 11.3 Å². The molecule has 1 aromatic carbocycles. The molecule has 1 aliphatic rings. The Labute approximate surface area is 152 Å². The molecule has 2 aromatic rings. The average Bonchev–Trinajstić information content (AvgIpc) is 2.91. The second kappa shape index (κ2) is 7.73. The Morgan fingerprint density at radius 2 is 2.08 bits per heavy atom. The number of halogens is 3. The fourth-order valence-electron chi connectivity index (χ4n) is 2.71. The highest BCUT2D eigenvalue weighted by atomic mass is 32.1. The SMILES string of the molecule is O=C(O)C1COCCN(Cc2csc(-c3ccc(C(F)(F)F)cc3)n2)C1. The van der Waals surface area contributed by atoms with E-state index in [1.165, 1.54) is 23.5 Å². The molecule has 0 amide bonds. The Hall–Kier alpha value is -1.97. The Balaban J connectivity index is 1.68. The van der Waals surface area contributed by atoms with Gasteiger partial charge in [-0.2, -0.15) is 13.2 Å². The Morgan fingerprint density at radius 3 is 2.73 bits per heavy atom. The van der Waals surface area contributed by atoms with Crippen LogP contribution in [0, 0.1) is 5.92 Å². The molecule has 9 heteroatoms. The van der Waals surface area contributed by atoms with Crippen molar-refractivity contribution < 1.29 is 27.8 Å². The molecule has 140 valence electrons. The Morgan fingerprint density at radius 1 is 1.35 bits per heavy atom. The van der Waals surface area contributed by atoms with E-state index < -0.39 is 23.6 Å². The van der Waals surface area contributed by atoms with Gasteiger partial charge in [-0.15, -0.1) is 11.3 Å². The van der Waals surface area contributed by atoms with Crippen LogP contribution in [-0.4, -0.2) is 47.3 Å². The first-order valence-corrected chi connectivity index (χ1v) is 8.86. The molecule has 1 unspecified atom stereocenters. The van der Waals surface area contributed by atoms with E-state index in [-0.39, 0.29) is 6.61 Å². The summed E-state index contributed by atoms with van der Waals surface area (Å²) >= 11 is 1.35. The number of ether oxygens (including phenoxy) is 1. The van der Waals surface area contributed by atoms with Gasteiger partial charge in [0.25, 0.3) is 0 Å². The maximum absolute atomic E-state index is 12.6. The highest BCUT2D eigenvalue weighted by molar-refractivity contribution is 7.13. The van der Waals surface area contributed by atoms with Gasteiger partial charge in [0.15, 0.2) is 0 Å². The van der Waals surface area contributed by atoms with Crippen LogP contribution in [0.1, 0.15) is 11.3 Å². The summed E-state index contributed by atoms with van der Waals surface area (Å²) in [6.07, 6.45) is -4.36. The van der Waals surface area contributed by atoms with E-state index in [2.05, 4.69) is 4.98 Å². The van der Waals surface area contributed by atoms with Crippen molar-refractivity contribution in [1.29, 1.82) is 0 Å². The molecule has 0 aliphatic carbocycles. The zero-order valence-corrected chi connectivity index (χ0v) is 14.5. The molecule has 2 heterocycles. The standard InChI is InChI=1S/C17H17F3N2O3S/c18-17(19,20)13-3-1-11(2-4-13)15-21-14(10-26-15)8-22-5-6-25-9-12(7-22)16(23)24/h1-4,10,12H,5-9H2,(H,23,24). The number of aromatic nitrogens is 1. The maximum Gasteiger partial charge on any atom is 0.416 e. The summed E-state index contributed by atoms with van der Waals surface area (Å²) in [7, 11) is 0. The van der Waals surface area contributed by atoms with Gasteiger partial charge in [-0.1, -0.05) is 12.1 Å². The van der Waals surface area contributed by atoms with Gasteiger partial charge in [0, 0.05) is 30.6 Å². The highest BCUT2D eigenvalue weighted by Gasteiger charge is 2.30. The molecule has 0 spiro atoms. The summed E-state index contributed by atoms with van der Waals surface area (Å²) in [6, 6.07) is 4.90. The van der Waals surface area contributed by atoms with Crippen LogP contribution in [0.3, 0.4) is 0 Å². The fourth-order valence-corrected chi connectivity index (χ4v) is 3.53. The van der Waals surface area contributed by atoms with Crippen molar-refractivity contribution in [2.45, 2.75) is 12.7 Å². The lowest BCUT2D eigenvalue weighted by molar-refractivity contribution is -0.143. The Bertz CT molecular complexity index is 761. The van der Waals surface area contributed by atoms with E-state index in [9.17, 15) is 23.1 Å². The van der Waals surface area contributed by atoms with Crippen LogP contribution < -0.4 is 0 Å². The molecule has 0 radical (unpaired) electrons. The minimum absolute atomic E-state index is 0.194. The number of aliphatic carboxylic acids is 1. The molecule has 5 nitrogen and oxygen atoms in total. The molecule has 1 saturated heterocycles. The number of rotatable bonds is 4. The lowest BCUT2D eigenvalue weighted by atomic mass is 10.1. The van der Waals surface area contributed by atoms with E-state index in [0.717, 1.165) is 17.8 Å². The molecule has 0 saturated carbocycles. The maximum atomic E-state index is 12.6. The fraction of sp³-hybridized carbons (Fsp3) is 0.412. The minimum Gasteiger partial charge on any atom is -0.481 e. The molecular formula is C17H17F3N2O3S. The summed E-state index contributed by atoms with van der Waals surface area (Å²) in [6.45, 7) is 2.11. The summed E-state index contributed by atoms with van der Waals surface area (Å²) in [4.78, 5) is 17.6. The molecule has 1 N–H and O–H groups in total. The number of carbonyl (C=O) groups is 1. The van der Waals surface area contributed by atoms with Crippen LogP contribution in [0.4, 0.5) is 13.2 Å². The number of carboxylic acid groups (broad SMARTS) is 1. The van der Waals surface area contributed by atoms with Gasteiger partial charge < -0.3 is 9.84 Å². The summed E-state index contributed by atoms with van der Waals surface area (Å²) < 4.78 is 43.2. The van der Waals surface area contributed by atoms with Crippen molar-refractivity contribution in [3.63, 3.8) is 0 Å². The van der Waals surface area contributed by atoms with Crippen LogP contribution in [0.15, 0.2) is 29.6 Å². The normalized spacial score (nSPS) is 19.3. The monoisotopic (exact) mass is 386 g/mol. The third-order valence-corrected chi connectivity index (χ3v) is 5.04. The average molecular weight is 386 g/mol. The van der Waals surface area contributed by atoms with Gasteiger partial charge >= 0.3 is 12.1 Å². The molecule has 1 atom stereocenters. The molecule has 1 aliphatic heterocycles. The topological polar surface area (TPSA) is 62.7 Å². The minimum atomic E-state index is -4.36. The van der Waals surface area contributed by atoms with Crippen molar-refractivity contribution in [2.75, 3.05) is 26.3 Å². The number of alkyl halides is 3. The van der Waals surface area contributed by atoms with Gasteiger partial charge in [0.1, 0.15) is 5.01 Å². The van der Waals surface area contributed by atoms with Crippen LogP contribution in [0.2, 0.25) is 0 Å². The second-order valence-electron chi connectivity index (χ2n) is 6.06. The lowest BCUT2D eigenvalue weighted by Gasteiger charge is -2.20. The predicted molar refractivity (Wildman–Crippen MR) is 89.8 cm³/mol. The smallest absolute Gasteiger partial charge is 0.416 e. The number of carboxylic acids is 1. The Kier molecular flexibility index (Phi) is 5.59. The third kappa shape index (κ3) is 4.60. The first-order valence-electron chi connectivity index (χ1n) is 7.98. The number of thiazole rings is 1. The van der Waals surface area contributed by atoms with Gasteiger partial charge in [-0.3, -0.25) is 9.69 Å². The first kappa shape index (κ1) is 18.8. The van der Waals surface area contributed by atoms with Crippen molar-refractivity contribution in [3.05, 3.63) is 40.9 Å². The van der Waals surface area contributed by atoms with E-state index in [4.69, 9.17) is 4.74 Å². The van der Waals surface area contributed by atoms with Crippen LogP contribution in [0.5, 0.6) is 0 Å². The molecule has 26 heavy (non-hydrogen) atoms. The van der Waals surface area contributed by atoms with Gasteiger partial charge in [0.05, 0.1) is 30.4 Å². The second-order valence-corrected chi connectivity index (χ2v) is 6.92. The highest BCUT2D eigenvalue weighted by Crippen LogP contribution is 2.32. The van der Waals surface area contributed by atoms with Crippen molar-refractivity contribution >= 4 is 17.3 Å². The summed E-state index contributed by atoms with van der Waals surface area (Å²) in [5, 5.41) is 11.7. The number of hydrogen-bond donors (Lipinski definition) is 1. The molecule has 1 fully saturated rings. The summed E-state index contributed by atoms with van der Waals surface area (Å²) in [5.41, 5.74) is 0.690. The largest absolute Gasteiger partial charge is 0.481 e. The number of hydrogen-bond acceptors (Lipinski definition) is 5. The zero-order chi connectivity index (χ0) is 18.7. The van der Waals surface area contributed by atoms with E-state index in [1.807, 2.05) is 10.3 Å². The lowest BCUT2D eigenvalue weighted by Crippen LogP contribution is -2.33. The van der Waals surface area contributed by atoms with Gasteiger partial charge in [-0.05, 0) is 12.1 Å². The van der Waals surface area contributed by atoms with Crippen LogP contribution in [-0.2, 0) is 22.3 Å². The number of benzene rings is 1. The first-order chi connectivity index (χ1) is 12.3. The molecule has 0 bridgehead atoms. The van der Waals surface area contributed by atoms with Crippen molar-refractivity contribution in [3.8, 4) is 10.6 Å². The van der Waals surface area contributed by atoms with Crippen molar-refractivity contribution in [2.24, 2.45) is 5.92 Å². The quantitative estimate of drug-likeness (QED) is 0.873. The van der Waals surface area contributed by atoms with E-state index >= 15 is 0 Å².